The number of pyridine rings is 1. The van der Waals surface area contributed by atoms with Gasteiger partial charge < -0.3 is 39.4 Å². The number of methoxy groups -OCH3 is 1. The van der Waals surface area contributed by atoms with Crippen molar-refractivity contribution in [3.05, 3.63) is 24.4 Å². The monoisotopic (exact) mass is 839 g/mol. The van der Waals surface area contributed by atoms with Gasteiger partial charge in [0.2, 0.25) is 0 Å². The molecule has 0 saturated carbocycles. The molecular weight excluding hydrogens is 775 g/mol. The number of aliphatic hydroxyl groups is 1. The van der Waals surface area contributed by atoms with Gasteiger partial charge >= 0.3 is 12.1 Å². The van der Waals surface area contributed by atoms with Gasteiger partial charge in [-0.3, -0.25) is 19.3 Å². The molecule has 17 nitrogen and oxygen atoms in total. The summed E-state index contributed by atoms with van der Waals surface area (Å²) in [5.74, 6) is 1.04. The number of ether oxygens (including phenoxy) is 5. The van der Waals surface area contributed by atoms with Gasteiger partial charge in [-0.05, 0) is 73.2 Å². The number of fused-ring (bicyclic) bond motifs is 1. The maximum atomic E-state index is 14.7. The van der Waals surface area contributed by atoms with Crippen LogP contribution in [0, 0.1) is 35.5 Å². The quantitative estimate of drug-likeness (QED) is 0.127. The van der Waals surface area contributed by atoms with Crippen molar-refractivity contribution in [2.75, 3.05) is 40.1 Å². The number of esters is 1. The third-order valence-electron chi connectivity index (χ3n) is 12.2. The summed E-state index contributed by atoms with van der Waals surface area (Å²) in [7, 11) is 5.16. The predicted molar refractivity (Wildman–Crippen MR) is 222 cm³/mol. The topological polar surface area (TPSA) is 211 Å². The van der Waals surface area contributed by atoms with Crippen LogP contribution in [-0.4, -0.2) is 141 Å². The van der Waals surface area contributed by atoms with Gasteiger partial charge in [-0.2, -0.15) is 0 Å². The highest BCUT2D eigenvalue weighted by atomic mass is 16.7. The molecule has 1 amide bonds. The van der Waals surface area contributed by atoms with Gasteiger partial charge in [0.15, 0.2) is 17.7 Å². The largest absolute Gasteiger partial charge is 0.458 e. The molecule has 12 atom stereocenters. The number of hydrogen-bond acceptors (Lipinski definition) is 15. The molecule has 0 spiro atoms. The zero-order valence-electron chi connectivity index (χ0n) is 37.2. The smallest absolute Gasteiger partial charge is 0.411 e. The average molecular weight is 840 g/mol. The molecule has 0 aromatic carbocycles. The Morgan fingerprint density at radius 1 is 1.02 bits per heavy atom. The number of nitrogens with zero attached hydrogens (tertiary/aromatic N) is 6. The van der Waals surface area contributed by atoms with E-state index in [1.54, 1.807) is 72.9 Å². The first kappa shape index (κ1) is 48.2. The lowest BCUT2D eigenvalue weighted by Gasteiger charge is -2.45. The molecule has 332 valence electrons. The maximum absolute atomic E-state index is 14.7. The van der Waals surface area contributed by atoms with Gasteiger partial charge in [0.05, 0.1) is 36.2 Å². The number of carbonyl (C=O) groups is 4. The summed E-state index contributed by atoms with van der Waals surface area (Å²) in [4.78, 5) is 64.4. The molecule has 2 unspecified atom stereocenters. The number of nitrogen functional groups attached to an aromatic ring is 1. The second-order valence-corrected chi connectivity index (χ2v) is 16.6. The van der Waals surface area contributed by atoms with Crippen LogP contribution in [0.15, 0.2) is 24.4 Å². The second kappa shape index (κ2) is 20.4. The third-order valence-corrected chi connectivity index (χ3v) is 12.2. The van der Waals surface area contributed by atoms with Gasteiger partial charge in [0, 0.05) is 37.5 Å². The summed E-state index contributed by atoms with van der Waals surface area (Å²) in [6, 6.07) is 3.92. The van der Waals surface area contributed by atoms with Crippen molar-refractivity contribution in [2.45, 2.75) is 136 Å². The second-order valence-electron chi connectivity index (χ2n) is 16.6. The summed E-state index contributed by atoms with van der Waals surface area (Å²) in [5.41, 5.74) is 4.07. The first-order chi connectivity index (χ1) is 28.3. The highest BCUT2D eigenvalue weighted by Crippen LogP contribution is 2.42. The summed E-state index contributed by atoms with van der Waals surface area (Å²) < 4.78 is 32.5. The Balaban J connectivity index is 1.72. The fourth-order valence-corrected chi connectivity index (χ4v) is 8.83. The van der Waals surface area contributed by atoms with E-state index in [4.69, 9.17) is 29.4 Å². The summed E-state index contributed by atoms with van der Waals surface area (Å²) in [6.07, 6.45) is -2.62. The molecule has 0 aliphatic carbocycles. The van der Waals surface area contributed by atoms with Crippen molar-refractivity contribution in [3.8, 4) is 23.2 Å². The summed E-state index contributed by atoms with van der Waals surface area (Å²) >= 11 is 0. The molecule has 4 heterocycles. The highest BCUT2D eigenvalue weighted by molar-refractivity contribution is 6.00. The van der Waals surface area contributed by atoms with E-state index in [1.165, 1.54) is 23.6 Å². The number of nitrogens with two attached hydrogens (primary N) is 1. The van der Waals surface area contributed by atoms with Crippen LogP contribution in [0.4, 0.5) is 10.6 Å². The van der Waals surface area contributed by atoms with Crippen molar-refractivity contribution < 1.29 is 48.0 Å². The van der Waals surface area contributed by atoms with Crippen LogP contribution >= 0.6 is 0 Å². The minimum absolute atomic E-state index is 0.0772. The van der Waals surface area contributed by atoms with Crippen molar-refractivity contribution >= 4 is 29.4 Å². The number of ketones is 2. The maximum Gasteiger partial charge on any atom is 0.411 e. The van der Waals surface area contributed by atoms with E-state index < -0.39 is 83.4 Å². The molecular formula is C43H65N7O10. The molecule has 60 heavy (non-hydrogen) atoms. The van der Waals surface area contributed by atoms with Crippen LogP contribution in [0.2, 0.25) is 0 Å². The van der Waals surface area contributed by atoms with E-state index in [1.807, 2.05) is 25.9 Å². The summed E-state index contributed by atoms with van der Waals surface area (Å²) in [5, 5.41) is 19.9. The molecule has 2 saturated heterocycles. The number of likely N-dealkylation sites (N-methyl/N-ethyl adjacent to an activating group) is 1. The molecule has 4 rings (SSSR count). The Morgan fingerprint density at radius 3 is 2.30 bits per heavy atom. The number of anilines is 1. The first-order valence-electron chi connectivity index (χ1n) is 20.8. The normalized spacial score (nSPS) is 30.8. The fraction of sp³-hybridized carbons (Fsp3) is 0.698. The molecule has 2 aliphatic heterocycles. The number of aliphatic hydroxyl groups excluding tert-OH is 1. The van der Waals surface area contributed by atoms with Gasteiger partial charge in [-0.25, -0.2) is 14.5 Å². The van der Waals surface area contributed by atoms with Gasteiger partial charge in [-0.1, -0.05) is 57.7 Å². The summed E-state index contributed by atoms with van der Waals surface area (Å²) in [6.45, 7) is 15.7. The van der Waals surface area contributed by atoms with Gasteiger partial charge in [-0.15, -0.1) is 5.10 Å². The molecule has 0 radical (unpaired) electrons. The molecule has 2 aromatic rings. The van der Waals surface area contributed by atoms with Gasteiger partial charge in [0.25, 0.3) is 0 Å². The Kier molecular flexibility index (Phi) is 16.4. The van der Waals surface area contributed by atoms with Crippen LogP contribution in [0.3, 0.4) is 0 Å². The lowest BCUT2D eigenvalue weighted by atomic mass is 9.73. The van der Waals surface area contributed by atoms with E-state index in [9.17, 15) is 24.3 Å². The third kappa shape index (κ3) is 10.3. The molecule has 2 fully saturated rings. The minimum Gasteiger partial charge on any atom is -0.458 e. The van der Waals surface area contributed by atoms with E-state index >= 15 is 0 Å². The van der Waals surface area contributed by atoms with Crippen molar-refractivity contribution in [1.82, 2.24) is 29.8 Å². The fourth-order valence-electron chi connectivity index (χ4n) is 8.83. The zero-order chi connectivity index (χ0) is 44.7. The number of amides is 1. The Bertz CT molecular complexity index is 1880. The van der Waals surface area contributed by atoms with Crippen LogP contribution in [0.5, 0.6) is 0 Å². The molecule has 2 aliphatic rings. The van der Waals surface area contributed by atoms with E-state index in [2.05, 4.69) is 27.1 Å². The Labute approximate surface area is 353 Å². The number of hydrogen-bond donors (Lipinski definition) is 2. The van der Waals surface area contributed by atoms with Crippen LogP contribution in [-0.2, 0) is 44.6 Å². The van der Waals surface area contributed by atoms with Crippen molar-refractivity contribution in [2.24, 2.45) is 23.7 Å². The number of Topliss-reactive ketones (excluding diaryl/α,β-unsaturated/α-hetero) is 2. The number of rotatable bonds is 13. The Hall–Kier alpha value is -4.47. The number of aromatic nitrogens is 4. The van der Waals surface area contributed by atoms with E-state index in [-0.39, 0.29) is 44.4 Å². The zero-order valence-corrected chi connectivity index (χ0v) is 37.2. The Morgan fingerprint density at radius 2 is 1.70 bits per heavy atom. The number of carbonyl (C=O) groups excluding carboxylic acids is 4. The van der Waals surface area contributed by atoms with Crippen LogP contribution in [0.1, 0.15) is 81.6 Å². The lowest BCUT2D eigenvalue weighted by Crippen LogP contribution is -2.59. The van der Waals surface area contributed by atoms with Gasteiger partial charge in [0.1, 0.15) is 42.0 Å². The van der Waals surface area contributed by atoms with Crippen LogP contribution < -0.4 is 5.73 Å². The first-order valence-corrected chi connectivity index (χ1v) is 20.8. The SMILES string of the molecule is CCO[C@@H](O[C@@H]1[C@@H](C)C(=O)[C@@H](C)C(=O)O[C@H](CC)[C@@]2(C)OC(=O)N(CC#CCn3cc(-c4cccc(N)n4)nn3)[C@@H]2[C@@H](C)C(=O)[C@H](C)C[C@@]1(C)OC)C(O)C(CC)N(C)C. The highest BCUT2D eigenvalue weighted by Gasteiger charge is 2.60. The van der Waals surface area contributed by atoms with Crippen molar-refractivity contribution in [1.29, 1.82) is 0 Å². The molecule has 2 aromatic heterocycles. The number of cyclic esters (lactones) is 1. The molecule has 3 N–H and O–H groups in total. The van der Waals surface area contributed by atoms with E-state index in [0.717, 1.165) is 0 Å². The average Bonchev–Trinajstić information content (AvgIpc) is 3.79. The van der Waals surface area contributed by atoms with Crippen molar-refractivity contribution in [3.63, 3.8) is 0 Å². The van der Waals surface area contributed by atoms with Crippen LogP contribution in [0.25, 0.3) is 11.4 Å². The predicted octanol–water partition coefficient (Wildman–Crippen LogP) is 3.77. The standard InChI is InChI=1S/C43H65N7O10/c1-13-31(48(10)11)36(53)40(57-15-3)59-38-27(6)35(52)28(7)39(54)58-32(14-2)43(9)37(26(5)34(51)25(4)23-42(38,8)56-12)50(41(55)60-43)22-17-16-21-49-24-30(46-47-49)29-19-18-20-33(44)45-29/h18-20,24-28,31-32,36-38,40,53H,13-15,21-23H2,1-12H3,(H2,44,45)/t25-,26+,27+,28-,31?,32-,36?,37-,38-,40+,42-,43-/m1/s1. The molecule has 0 bridgehead atoms. The lowest BCUT2D eigenvalue weighted by molar-refractivity contribution is -0.265. The van der Waals surface area contributed by atoms with E-state index in [0.29, 0.717) is 23.6 Å². The minimum atomic E-state index is -1.50. The molecule has 17 heteroatoms.